The zero-order valence-electron chi connectivity index (χ0n) is 18.0. The van der Waals surface area contributed by atoms with Gasteiger partial charge in [0.25, 0.3) is 0 Å². The standard InChI is InChI=1S/C22H29FN2O5/c1-6-15-18(20(27)29-5)16(25-19(15)21(28)30-22(2,3)4)11-24-12-17(26)13-8-7-9-14(23)10-13/h7-10,17,24-26H,6,11-12H2,1-5H3/t17-/m1/s1. The number of aromatic amines is 1. The van der Waals surface area contributed by atoms with Gasteiger partial charge in [-0.2, -0.15) is 0 Å². The van der Waals surface area contributed by atoms with Crippen LogP contribution >= 0.6 is 0 Å². The van der Waals surface area contributed by atoms with Crippen molar-refractivity contribution in [2.75, 3.05) is 13.7 Å². The highest BCUT2D eigenvalue weighted by atomic mass is 19.1. The SMILES string of the molecule is CCc1c(C(=O)OC(C)(C)C)[nH]c(CNC[C@@H](O)c2cccc(F)c2)c1C(=O)OC. The molecule has 0 aliphatic carbocycles. The highest BCUT2D eigenvalue weighted by Gasteiger charge is 2.28. The van der Waals surface area contributed by atoms with Crippen molar-refractivity contribution in [1.29, 1.82) is 0 Å². The molecular weight excluding hydrogens is 391 g/mol. The largest absolute Gasteiger partial charge is 0.465 e. The number of benzene rings is 1. The van der Waals surface area contributed by atoms with Crippen LogP contribution in [-0.2, 0) is 22.4 Å². The fourth-order valence-corrected chi connectivity index (χ4v) is 3.10. The maximum absolute atomic E-state index is 13.3. The quantitative estimate of drug-likeness (QED) is 0.567. The van der Waals surface area contributed by atoms with Crippen LogP contribution < -0.4 is 5.32 Å². The van der Waals surface area contributed by atoms with Crippen molar-refractivity contribution in [2.24, 2.45) is 0 Å². The van der Waals surface area contributed by atoms with Crippen molar-refractivity contribution in [3.8, 4) is 0 Å². The number of aliphatic hydroxyl groups is 1. The van der Waals surface area contributed by atoms with Crippen LogP contribution in [0.5, 0.6) is 0 Å². The molecule has 0 spiro atoms. The molecule has 0 amide bonds. The summed E-state index contributed by atoms with van der Waals surface area (Å²) in [6.45, 7) is 7.39. The Morgan fingerprint density at radius 3 is 2.53 bits per heavy atom. The first-order valence-corrected chi connectivity index (χ1v) is 9.77. The molecule has 0 aliphatic rings. The Morgan fingerprint density at radius 2 is 1.97 bits per heavy atom. The van der Waals surface area contributed by atoms with E-state index in [2.05, 4.69) is 10.3 Å². The molecule has 30 heavy (non-hydrogen) atoms. The van der Waals surface area contributed by atoms with Gasteiger partial charge >= 0.3 is 11.9 Å². The summed E-state index contributed by atoms with van der Waals surface area (Å²) in [4.78, 5) is 28.0. The number of aliphatic hydroxyl groups excluding tert-OH is 1. The van der Waals surface area contributed by atoms with Gasteiger partial charge in [-0.25, -0.2) is 14.0 Å². The number of carbonyl (C=O) groups is 2. The van der Waals surface area contributed by atoms with Crippen LogP contribution in [0, 0.1) is 5.82 Å². The number of methoxy groups -OCH3 is 1. The summed E-state index contributed by atoms with van der Waals surface area (Å²) in [5.74, 6) is -1.56. The summed E-state index contributed by atoms with van der Waals surface area (Å²) in [5, 5.41) is 13.3. The van der Waals surface area contributed by atoms with Gasteiger partial charge in [0.1, 0.15) is 17.1 Å². The van der Waals surface area contributed by atoms with Crippen LogP contribution in [0.15, 0.2) is 24.3 Å². The molecule has 1 aromatic carbocycles. The summed E-state index contributed by atoms with van der Waals surface area (Å²) in [6.07, 6.45) is -0.519. The van der Waals surface area contributed by atoms with E-state index in [1.165, 1.54) is 25.3 Å². The molecule has 3 N–H and O–H groups in total. The number of ether oxygens (including phenoxy) is 2. The minimum Gasteiger partial charge on any atom is -0.465 e. The smallest absolute Gasteiger partial charge is 0.355 e. The lowest BCUT2D eigenvalue weighted by Gasteiger charge is -2.19. The fraction of sp³-hybridized carbons (Fsp3) is 0.455. The van der Waals surface area contributed by atoms with Gasteiger partial charge < -0.3 is 24.9 Å². The second kappa shape index (κ2) is 9.86. The lowest BCUT2D eigenvalue weighted by atomic mass is 10.1. The number of rotatable bonds is 8. The van der Waals surface area contributed by atoms with Gasteiger partial charge in [0.2, 0.25) is 0 Å². The van der Waals surface area contributed by atoms with Crippen molar-refractivity contribution in [3.05, 3.63) is 58.2 Å². The van der Waals surface area contributed by atoms with E-state index in [4.69, 9.17) is 9.47 Å². The maximum Gasteiger partial charge on any atom is 0.355 e. The maximum atomic E-state index is 13.3. The number of nitrogens with one attached hydrogen (secondary N) is 2. The molecule has 2 rings (SSSR count). The number of hydrogen-bond acceptors (Lipinski definition) is 6. The predicted octanol–water partition coefficient (Wildman–Crippen LogP) is 3.28. The number of carbonyl (C=O) groups excluding carboxylic acids is 2. The third kappa shape index (κ3) is 5.90. The number of halogens is 1. The van der Waals surface area contributed by atoms with Crippen LogP contribution in [0.4, 0.5) is 4.39 Å². The molecule has 0 bridgehead atoms. The van der Waals surface area contributed by atoms with E-state index >= 15 is 0 Å². The minimum absolute atomic E-state index is 0.117. The molecule has 0 aliphatic heterocycles. The third-order valence-electron chi connectivity index (χ3n) is 4.40. The van der Waals surface area contributed by atoms with Gasteiger partial charge in [-0.1, -0.05) is 19.1 Å². The van der Waals surface area contributed by atoms with E-state index in [-0.39, 0.29) is 24.3 Å². The Bertz CT molecular complexity index is 901. The molecule has 0 saturated heterocycles. The summed E-state index contributed by atoms with van der Waals surface area (Å²) in [5.41, 5.74) is 1.19. The Kier molecular flexibility index (Phi) is 7.75. The molecule has 1 atom stereocenters. The van der Waals surface area contributed by atoms with Gasteiger partial charge in [-0.3, -0.25) is 0 Å². The summed E-state index contributed by atoms with van der Waals surface area (Å²) in [7, 11) is 1.27. The molecule has 0 saturated carbocycles. The molecule has 2 aromatic rings. The molecule has 0 radical (unpaired) electrons. The van der Waals surface area contributed by atoms with Gasteiger partial charge in [0.05, 0.1) is 18.8 Å². The predicted molar refractivity (Wildman–Crippen MR) is 110 cm³/mol. The molecule has 8 heteroatoms. The van der Waals surface area contributed by atoms with E-state index in [1.54, 1.807) is 26.8 Å². The second-order valence-electron chi connectivity index (χ2n) is 7.88. The Labute approximate surface area is 175 Å². The molecular formula is C22H29FN2O5. The van der Waals surface area contributed by atoms with Crippen LogP contribution in [0.1, 0.15) is 71.5 Å². The lowest BCUT2D eigenvalue weighted by molar-refractivity contribution is 0.00621. The van der Waals surface area contributed by atoms with Crippen molar-refractivity contribution in [3.63, 3.8) is 0 Å². The van der Waals surface area contributed by atoms with Crippen LogP contribution in [0.25, 0.3) is 0 Å². The molecule has 0 unspecified atom stereocenters. The Balaban J connectivity index is 2.23. The summed E-state index contributed by atoms with van der Waals surface area (Å²) < 4.78 is 23.7. The van der Waals surface area contributed by atoms with Gasteiger partial charge in [-0.15, -0.1) is 0 Å². The first kappa shape index (κ1) is 23.6. The molecule has 1 aromatic heterocycles. The number of H-pyrrole nitrogens is 1. The summed E-state index contributed by atoms with van der Waals surface area (Å²) >= 11 is 0. The van der Waals surface area contributed by atoms with Crippen molar-refractivity contribution >= 4 is 11.9 Å². The van der Waals surface area contributed by atoms with E-state index in [1.807, 2.05) is 6.92 Å². The summed E-state index contributed by atoms with van der Waals surface area (Å²) in [6, 6.07) is 5.71. The van der Waals surface area contributed by atoms with E-state index < -0.39 is 29.5 Å². The van der Waals surface area contributed by atoms with E-state index in [0.717, 1.165) is 0 Å². The lowest BCUT2D eigenvalue weighted by Crippen LogP contribution is -2.25. The van der Waals surface area contributed by atoms with Gasteiger partial charge in [-0.05, 0) is 50.5 Å². The fourth-order valence-electron chi connectivity index (χ4n) is 3.10. The third-order valence-corrected chi connectivity index (χ3v) is 4.40. The zero-order valence-corrected chi connectivity index (χ0v) is 18.0. The van der Waals surface area contributed by atoms with Crippen LogP contribution in [0.2, 0.25) is 0 Å². The number of esters is 2. The molecule has 7 nitrogen and oxygen atoms in total. The van der Waals surface area contributed by atoms with Gasteiger partial charge in [0, 0.05) is 18.8 Å². The van der Waals surface area contributed by atoms with Crippen LogP contribution in [-0.4, -0.2) is 41.3 Å². The zero-order chi connectivity index (χ0) is 22.5. The molecule has 0 fully saturated rings. The van der Waals surface area contributed by atoms with E-state index in [9.17, 15) is 19.1 Å². The molecule has 1 heterocycles. The number of aromatic nitrogens is 1. The molecule has 164 valence electrons. The van der Waals surface area contributed by atoms with E-state index in [0.29, 0.717) is 23.2 Å². The Hall–Kier alpha value is -2.71. The van der Waals surface area contributed by atoms with Crippen molar-refractivity contribution < 1.29 is 28.6 Å². The average molecular weight is 420 g/mol. The highest BCUT2D eigenvalue weighted by Crippen LogP contribution is 2.24. The van der Waals surface area contributed by atoms with Crippen molar-refractivity contribution in [1.82, 2.24) is 10.3 Å². The minimum atomic E-state index is -0.937. The normalized spacial score (nSPS) is 12.5. The first-order chi connectivity index (χ1) is 14.1. The average Bonchev–Trinajstić information content (AvgIpc) is 3.04. The van der Waals surface area contributed by atoms with Gasteiger partial charge in [0.15, 0.2) is 0 Å². The monoisotopic (exact) mass is 420 g/mol. The topological polar surface area (TPSA) is 101 Å². The van der Waals surface area contributed by atoms with Crippen LogP contribution in [0.3, 0.4) is 0 Å². The first-order valence-electron chi connectivity index (χ1n) is 9.77. The highest BCUT2D eigenvalue weighted by molar-refractivity contribution is 5.98. The van der Waals surface area contributed by atoms with Crippen molar-refractivity contribution in [2.45, 2.75) is 52.4 Å². The second-order valence-corrected chi connectivity index (χ2v) is 7.88. The number of hydrogen-bond donors (Lipinski definition) is 3. The Morgan fingerprint density at radius 1 is 1.27 bits per heavy atom.